The van der Waals surface area contributed by atoms with Crippen LogP contribution in [0.15, 0.2) is 0 Å². The summed E-state index contributed by atoms with van der Waals surface area (Å²) in [5.41, 5.74) is -0.335. The highest BCUT2D eigenvalue weighted by Gasteiger charge is 2.32. The van der Waals surface area contributed by atoms with Gasteiger partial charge in [-0.3, -0.25) is 4.79 Å². The first-order chi connectivity index (χ1) is 7.26. The van der Waals surface area contributed by atoms with Gasteiger partial charge >= 0.3 is 5.97 Å². The third-order valence-electron chi connectivity index (χ3n) is 3.01. The maximum absolute atomic E-state index is 11.6. The van der Waals surface area contributed by atoms with Crippen molar-refractivity contribution >= 4 is 5.97 Å². The van der Waals surface area contributed by atoms with E-state index in [0.29, 0.717) is 12.3 Å². The van der Waals surface area contributed by atoms with Crippen LogP contribution < -0.4 is 0 Å². The van der Waals surface area contributed by atoms with E-state index in [1.54, 1.807) is 0 Å². The molecule has 0 amide bonds. The van der Waals surface area contributed by atoms with Gasteiger partial charge in [0.2, 0.25) is 0 Å². The lowest BCUT2D eigenvalue weighted by Gasteiger charge is -2.36. The molecule has 0 atom stereocenters. The van der Waals surface area contributed by atoms with E-state index in [9.17, 15) is 4.79 Å². The molecule has 1 saturated carbocycles. The maximum Gasteiger partial charge on any atom is 0.306 e. The van der Waals surface area contributed by atoms with Crippen LogP contribution in [0.1, 0.15) is 60.3 Å². The molecule has 94 valence electrons. The van der Waals surface area contributed by atoms with Crippen LogP contribution in [0.25, 0.3) is 0 Å². The summed E-state index contributed by atoms with van der Waals surface area (Å²) < 4.78 is 5.32. The molecule has 0 aromatic carbocycles. The zero-order valence-corrected chi connectivity index (χ0v) is 11.4. The molecule has 0 spiro atoms. The average molecular weight is 226 g/mol. The number of ether oxygens (including phenoxy) is 1. The van der Waals surface area contributed by atoms with Crippen LogP contribution in [0.2, 0.25) is 0 Å². The van der Waals surface area contributed by atoms with Gasteiger partial charge in [0.25, 0.3) is 0 Å². The van der Waals surface area contributed by atoms with E-state index >= 15 is 0 Å². The van der Waals surface area contributed by atoms with Gasteiger partial charge in [0.05, 0.1) is 0 Å². The van der Waals surface area contributed by atoms with Gasteiger partial charge in [-0.05, 0) is 57.8 Å². The van der Waals surface area contributed by atoms with Gasteiger partial charge in [-0.2, -0.15) is 0 Å². The number of hydrogen-bond acceptors (Lipinski definition) is 2. The van der Waals surface area contributed by atoms with Gasteiger partial charge in [0.1, 0.15) is 5.60 Å². The Morgan fingerprint density at radius 3 is 2.25 bits per heavy atom. The zero-order valence-electron chi connectivity index (χ0n) is 11.4. The summed E-state index contributed by atoms with van der Waals surface area (Å²) in [5.74, 6) is 2.19. The molecular formula is C14H26O2. The fraction of sp³-hybridized carbons (Fsp3) is 0.929. The molecule has 1 rings (SSSR count). The molecule has 0 aliphatic heterocycles. The molecule has 1 fully saturated rings. The molecule has 0 bridgehead atoms. The Morgan fingerprint density at radius 2 is 1.81 bits per heavy atom. The van der Waals surface area contributed by atoms with Crippen molar-refractivity contribution in [2.45, 2.75) is 65.9 Å². The molecule has 0 saturated heterocycles. The first-order valence-electron chi connectivity index (χ1n) is 6.48. The summed E-state index contributed by atoms with van der Waals surface area (Å²) in [7, 11) is 0. The van der Waals surface area contributed by atoms with Crippen LogP contribution in [0.5, 0.6) is 0 Å². The van der Waals surface area contributed by atoms with Gasteiger partial charge < -0.3 is 4.74 Å². The van der Waals surface area contributed by atoms with E-state index in [4.69, 9.17) is 4.74 Å². The Kier molecular flexibility index (Phi) is 4.40. The highest BCUT2D eigenvalue weighted by Crippen LogP contribution is 2.40. The van der Waals surface area contributed by atoms with Gasteiger partial charge in [-0.15, -0.1) is 0 Å². The topological polar surface area (TPSA) is 26.3 Å². The number of carbonyl (C=O) groups is 1. The van der Waals surface area contributed by atoms with Gasteiger partial charge in [-0.25, -0.2) is 0 Å². The predicted molar refractivity (Wildman–Crippen MR) is 66.1 cm³/mol. The first kappa shape index (κ1) is 13.5. The number of carbonyl (C=O) groups excluding carboxylic acids is 1. The van der Waals surface area contributed by atoms with Crippen molar-refractivity contribution in [3.63, 3.8) is 0 Å². The van der Waals surface area contributed by atoms with Crippen molar-refractivity contribution in [2.75, 3.05) is 0 Å². The average Bonchev–Trinajstić information content (AvgIpc) is 1.95. The number of rotatable bonds is 4. The second kappa shape index (κ2) is 5.20. The molecule has 1 aliphatic rings. The summed E-state index contributed by atoms with van der Waals surface area (Å²) in [4.78, 5) is 11.6. The molecule has 16 heavy (non-hydrogen) atoms. The van der Waals surface area contributed by atoms with Gasteiger partial charge in [0, 0.05) is 6.42 Å². The van der Waals surface area contributed by atoms with E-state index in [1.807, 2.05) is 20.8 Å². The van der Waals surface area contributed by atoms with Crippen molar-refractivity contribution in [3.05, 3.63) is 0 Å². The van der Waals surface area contributed by atoms with E-state index in [2.05, 4.69) is 13.8 Å². The minimum atomic E-state index is -0.335. The molecule has 2 nitrogen and oxygen atoms in total. The van der Waals surface area contributed by atoms with Crippen molar-refractivity contribution in [3.8, 4) is 0 Å². The van der Waals surface area contributed by atoms with Crippen molar-refractivity contribution in [2.24, 2.45) is 17.8 Å². The Morgan fingerprint density at radius 1 is 1.25 bits per heavy atom. The number of hydrogen-bond donors (Lipinski definition) is 0. The van der Waals surface area contributed by atoms with Crippen molar-refractivity contribution < 1.29 is 9.53 Å². The van der Waals surface area contributed by atoms with Crippen molar-refractivity contribution in [1.82, 2.24) is 0 Å². The largest absolute Gasteiger partial charge is 0.460 e. The fourth-order valence-electron chi connectivity index (χ4n) is 2.52. The summed E-state index contributed by atoms with van der Waals surface area (Å²) >= 11 is 0. The van der Waals surface area contributed by atoms with E-state index in [1.165, 1.54) is 19.3 Å². The molecule has 0 N–H and O–H groups in total. The molecule has 0 heterocycles. The molecule has 0 aromatic rings. The lowest BCUT2D eigenvalue weighted by Crippen LogP contribution is -2.30. The van der Waals surface area contributed by atoms with E-state index < -0.39 is 0 Å². The predicted octanol–water partition coefficient (Wildman–Crippen LogP) is 3.79. The Balaban J connectivity index is 2.15. The SMILES string of the molecule is CC(C)CC1CC(CC(=O)OC(C)(C)C)C1. The molecule has 1 aliphatic carbocycles. The molecule has 2 heteroatoms. The molecular weight excluding hydrogens is 200 g/mol. The second-order valence-electron chi connectivity index (χ2n) is 6.62. The summed E-state index contributed by atoms with van der Waals surface area (Å²) in [5, 5.41) is 0. The lowest BCUT2D eigenvalue weighted by atomic mass is 9.70. The van der Waals surface area contributed by atoms with Crippen LogP contribution in [-0.2, 0) is 9.53 Å². The maximum atomic E-state index is 11.6. The standard InChI is InChI=1S/C14H26O2/c1-10(2)6-11-7-12(8-11)9-13(15)16-14(3,4)5/h10-12H,6-9H2,1-5H3. The van der Waals surface area contributed by atoms with E-state index in [0.717, 1.165) is 11.8 Å². The molecule has 0 unspecified atom stereocenters. The smallest absolute Gasteiger partial charge is 0.306 e. The van der Waals surface area contributed by atoms with Crippen LogP contribution in [0.3, 0.4) is 0 Å². The van der Waals surface area contributed by atoms with Gasteiger partial charge in [-0.1, -0.05) is 13.8 Å². The zero-order chi connectivity index (χ0) is 12.3. The molecule has 0 aromatic heterocycles. The summed E-state index contributed by atoms with van der Waals surface area (Å²) in [6, 6.07) is 0. The number of esters is 1. The quantitative estimate of drug-likeness (QED) is 0.682. The summed E-state index contributed by atoms with van der Waals surface area (Å²) in [6.45, 7) is 10.3. The molecule has 0 radical (unpaired) electrons. The Hall–Kier alpha value is -0.530. The third-order valence-corrected chi connectivity index (χ3v) is 3.01. The van der Waals surface area contributed by atoms with Gasteiger partial charge in [0.15, 0.2) is 0 Å². The Bertz CT molecular complexity index is 232. The van der Waals surface area contributed by atoms with Crippen LogP contribution in [-0.4, -0.2) is 11.6 Å². The normalized spacial score (nSPS) is 25.4. The minimum absolute atomic E-state index is 0.0273. The van der Waals surface area contributed by atoms with Crippen molar-refractivity contribution in [1.29, 1.82) is 0 Å². The highest BCUT2D eigenvalue weighted by atomic mass is 16.6. The summed E-state index contributed by atoms with van der Waals surface area (Å²) in [6.07, 6.45) is 4.37. The first-order valence-corrected chi connectivity index (χ1v) is 6.48. The van der Waals surface area contributed by atoms with Crippen LogP contribution >= 0.6 is 0 Å². The Labute approximate surface area is 99.8 Å². The van der Waals surface area contributed by atoms with Crippen LogP contribution in [0.4, 0.5) is 0 Å². The fourth-order valence-corrected chi connectivity index (χ4v) is 2.52. The second-order valence-corrected chi connectivity index (χ2v) is 6.62. The lowest BCUT2D eigenvalue weighted by molar-refractivity contribution is -0.157. The van der Waals surface area contributed by atoms with Crippen LogP contribution in [0, 0.1) is 17.8 Å². The minimum Gasteiger partial charge on any atom is -0.460 e. The third kappa shape index (κ3) is 5.00. The monoisotopic (exact) mass is 226 g/mol. The highest BCUT2D eigenvalue weighted by molar-refractivity contribution is 5.70. The van der Waals surface area contributed by atoms with E-state index in [-0.39, 0.29) is 11.6 Å².